The maximum Gasteiger partial charge on any atom is 0.416 e. The number of nitrogens with zero attached hydrogens (tertiary/aromatic N) is 3. The van der Waals surface area contributed by atoms with E-state index >= 15 is 0 Å². The predicted molar refractivity (Wildman–Crippen MR) is 122 cm³/mol. The Morgan fingerprint density at radius 2 is 1.85 bits per heavy atom. The Kier molecular flexibility index (Phi) is 7.00. The van der Waals surface area contributed by atoms with Gasteiger partial charge in [-0.2, -0.15) is 13.2 Å². The van der Waals surface area contributed by atoms with Gasteiger partial charge in [0.15, 0.2) is 5.82 Å². The van der Waals surface area contributed by atoms with E-state index in [0.29, 0.717) is 42.5 Å². The smallest absolute Gasteiger partial charge is 0.416 e. The van der Waals surface area contributed by atoms with E-state index in [1.54, 1.807) is 12.4 Å². The molecule has 4 rings (SSSR count). The van der Waals surface area contributed by atoms with Crippen LogP contribution >= 0.6 is 0 Å². The lowest BCUT2D eigenvalue weighted by atomic mass is 9.97. The number of hydrogen-bond acceptors (Lipinski definition) is 5. The molecule has 0 bridgehead atoms. The molecule has 178 valence electrons. The summed E-state index contributed by atoms with van der Waals surface area (Å²) < 4.78 is 44.2. The highest BCUT2D eigenvalue weighted by atomic mass is 19.4. The molecule has 3 aromatic rings. The van der Waals surface area contributed by atoms with E-state index in [2.05, 4.69) is 15.3 Å². The number of aryl methyl sites for hydroxylation is 1. The fourth-order valence-corrected chi connectivity index (χ4v) is 3.91. The van der Waals surface area contributed by atoms with Crippen molar-refractivity contribution in [2.75, 3.05) is 18.0 Å². The molecule has 9 heteroatoms. The molecule has 0 radical (unpaired) electrons. The molecular weight excluding hydrogens is 445 g/mol. The number of carbonyl (C=O) groups excluding carboxylic acids is 1. The van der Waals surface area contributed by atoms with Crippen molar-refractivity contribution < 1.29 is 22.7 Å². The quantitative estimate of drug-likeness (QED) is 0.541. The van der Waals surface area contributed by atoms with Gasteiger partial charge in [-0.1, -0.05) is 30.3 Å². The van der Waals surface area contributed by atoms with Gasteiger partial charge in [0.05, 0.1) is 11.5 Å². The number of amides is 1. The van der Waals surface area contributed by atoms with E-state index in [-0.39, 0.29) is 18.4 Å². The highest BCUT2D eigenvalue weighted by Crippen LogP contribution is 2.32. The first-order chi connectivity index (χ1) is 16.3. The number of anilines is 1. The molecule has 1 aliphatic rings. The molecule has 1 fully saturated rings. The van der Waals surface area contributed by atoms with Gasteiger partial charge < -0.3 is 15.0 Å². The lowest BCUT2D eigenvalue weighted by Crippen LogP contribution is -2.43. The zero-order valence-corrected chi connectivity index (χ0v) is 18.7. The number of nitrogens with one attached hydrogen (secondary N) is 1. The zero-order chi connectivity index (χ0) is 24.1. The minimum absolute atomic E-state index is 0.144. The highest BCUT2D eigenvalue weighted by Gasteiger charge is 2.30. The summed E-state index contributed by atoms with van der Waals surface area (Å²) in [5.74, 6) is 1.21. The molecule has 2 aromatic carbocycles. The third-order valence-electron chi connectivity index (χ3n) is 5.79. The second-order valence-corrected chi connectivity index (χ2v) is 8.25. The molecule has 34 heavy (non-hydrogen) atoms. The van der Waals surface area contributed by atoms with Gasteiger partial charge in [-0.3, -0.25) is 4.79 Å². The number of aromatic nitrogens is 2. The van der Waals surface area contributed by atoms with Gasteiger partial charge in [-0.25, -0.2) is 9.97 Å². The molecule has 0 spiro atoms. The number of rotatable bonds is 6. The topological polar surface area (TPSA) is 67.4 Å². The first-order valence-corrected chi connectivity index (χ1v) is 11.0. The first kappa shape index (κ1) is 23.5. The minimum atomic E-state index is -4.38. The number of carbonyl (C=O) groups is 1. The normalized spacial score (nSPS) is 16.2. The summed E-state index contributed by atoms with van der Waals surface area (Å²) in [6, 6.07) is 12.4. The number of halogens is 3. The summed E-state index contributed by atoms with van der Waals surface area (Å²) in [5, 5.41) is 2.85. The SMILES string of the molecule is Cc1ccccc1Oc1nccnc1N1CCC[C@@H](C(=O)NCc2ccc(C(F)(F)F)cc2)C1. The maximum atomic E-state index is 12.8. The Balaban J connectivity index is 1.40. The van der Waals surface area contributed by atoms with Crippen LogP contribution in [0, 0.1) is 12.8 Å². The maximum absolute atomic E-state index is 12.8. The lowest BCUT2D eigenvalue weighted by Gasteiger charge is -2.33. The Hall–Kier alpha value is -3.62. The van der Waals surface area contributed by atoms with Crippen molar-refractivity contribution in [1.82, 2.24) is 15.3 Å². The van der Waals surface area contributed by atoms with Gasteiger partial charge in [0.25, 0.3) is 5.88 Å². The molecule has 1 aromatic heterocycles. The van der Waals surface area contributed by atoms with E-state index in [4.69, 9.17) is 4.74 Å². The van der Waals surface area contributed by atoms with Crippen molar-refractivity contribution in [2.45, 2.75) is 32.5 Å². The number of benzene rings is 2. The lowest BCUT2D eigenvalue weighted by molar-refractivity contribution is -0.137. The Morgan fingerprint density at radius 1 is 1.12 bits per heavy atom. The summed E-state index contributed by atoms with van der Waals surface area (Å²) in [7, 11) is 0. The molecule has 1 aliphatic heterocycles. The molecular formula is C25H25F3N4O2. The molecule has 0 unspecified atom stereocenters. The first-order valence-electron chi connectivity index (χ1n) is 11.0. The number of alkyl halides is 3. The predicted octanol–water partition coefficient (Wildman–Crippen LogP) is 5.13. The zero-order valence-electron chi connectivity index (χ0n) is 18.7. The molecule has 0 saturated carbocycles. The van der Waals surface area contributed by atoms with E-state index in [0.717, 1.165) is 24.1 Å². The Bertz CT molecular complexity index is 1140. The van der Waals surface area contributed by atoms with Gasteiger partial charge in [-0.15, -0.1) is 0 Å². The van der Waals surface area contributed by atoms with Crippen LogP contribution in [-0.4, -0.2) is 29.0 Å². The summed E-state index contributed by atoms with van der Waals surface area (Å²) in [4.78, 5) is 23.6. The van der Waals surface area contributed by atoms with Crippen LogP contribution < -0.4 is 15.0 Å². The van der Waals surface area contributed by atoms with Crippen LogP contribution in [0.25, 0.3) is 0 Å². The molecule has 1 N–H and O–H groups in total. The van der Waals surface area contributed by atoms with Crippen LogP contribution in [-0.2, 0) is 17.5 Å². The third-order valence-corrected chi connectivity index (χ3v) is 5.79. The molecule has 0 aliphatic carbocycles. The summed E-state index contributed by atoms with van der Waals surface area (Å²) in [6.07, 6.45) is 0.279. The molecule has 1 atom stereocenters. The van der Waals surface area contributed by atoms with E-state index < -0.39 is 11.7 Å². The van der Waals surface area contributed by atoms with Gasteiger partial charge in [0, 0.05) is 32.0 Å². The van der Waals surface area contributed by atoms with Crippen molar-refractivity contribution in [1.29, 1.82) is 0 Å². The van der Waals surface area contributed by atoms with Crippen molar-refractivity contribution in [3.05, 3.63) is 77.6 Å². The fourth-order valence-electron chi connectivity index (χ4n) is 3.91. The average molecular weight is 470 g/mol. The second-order valence-electron chi connectivity index (χ2n) is 8.25. The van der Waals surface area contributed by atoms with Crippen LogP contribution in [0.5, 0.6) is 11.6 Å². The minimum Gasteiger partial charge on any atom is -0.436 e. The van der Waals surface area contributed by atoms with Crippen LogP contribution in [0.15, 0.2) is 60.9 Å². The van der Waals surface area contributed by atoms with Crippen molar-refractivity contribution in [3.63, 3.8) is 0 Å². The highest BCUT2D eigenvalue weighted by molar-refractivity contribution is 5.79. The van der Waals surface area contributed by atoms with Crippen LogP contribution in [0.3, 0.4) is 0 Å². The molecule has 2 heterocycles. The third kappa shape index (κ3) is 5.65. The molecule has 1 saturated heterocycles. The fraction of sp³-hybridized carbons (Fsp3) is 0.320. The average Bonchev–Trinajstić information content (AvgIpc) is 2.84. The number of ether oxygens (including phenoxy) is 1. The number of hydrogen-bond donors (Lipinski definition) is 1. The van der Waals surface area contributed by atoms with Gasteiger partial charge in [0.2, 0.25) is 5.91 Å². The van der Waals surface area contributed by atoms with Crippen LogP contribution in [0.1, 0.15) is 29.5 Å². The van der Waals surface area contributed by atoms with Crippen molar-refractivity contribution >= 4 is 11.7 Å². The van der Waals surface area contributed by atoms with Crippen molar-refractivity contribution in [2.24, 2.45) is 5.92 Å². The summed E-state index contributed by atoms with van der Waals surface area (Å²) in [5.41, 5.74) is 0.869. The van der Waals surface area contributed by atoms with E-state index in [1.165, 1.54) is 12.1 Å². The van der Waals surface area contributed by atoms with Crippen LogP contribution in [0.4, 0.5) is 19.0 Å². The molecule has 1 amide bonds. The standard InChI is InChI=1S/C25H25F3N4O2/c1-17-5-2-3-7-21(17)34-24-22(29-12-13-30-24)32-14-4-6-19(16-32)23(33)31-15-18-8-10-20(11-9-18)25(26,27)28/h2-3,5,7-13,19H,4,6,14-16H2,1H3,(H,31,33)/t19-/m1/s1. The van der Waals surface area contributed by atoms with Gasteiger partial charge in [0.1, 0.15) is 5.75 Å². The summed E-state index contributed by atoms with van der Waals surface area (Å²) in [6.45, 7) is 3.27. The van der Waals surface area contributed by atoms with Crippen molar-refractivity contribution in [3.8, 4) is 11.6 Å². The Morgan fingerprint density at radius 3 is 2.59 bits per heavy atom. The van der Waals surface area contributed by atoms with Crippen LogP contribution in [0.2, 0.25) is 0 Å². The largest absolute Gasteiger partial charge is 0.436 e. The van der Waals surface area contributed by atoms with E-state index in [9.17, 15) is 18.0 Å². The summed E-state index contributed by atoms with van der Waals surface area (Å²) >= 11 is 0. The van der Waals surface area contributed by atoms with Gasteiger partial charge in [-0.05, 0) is 49.1 Å². The Labute approximate surface area is 195 Å². The number of piperidine rings is 1. The molecule has 6 nitrogen and oxygen atoms in total. The van der Waals surface area contributed by atoms with E-state index in [1.807, 2.05) is 36.1 Å². The monoisotopic (exact) mass is 470 g/mol. The number of para-hydroxylation sites is 1. The van der Waals surface area contributed by atoms with Gasteiger partial charge >= 0.3 is 6.18 Å². The second kappa shape index (κ2) is 10.1.